The summed E-state index contributed by atoms with van der Waals surface area (Å²) < 4.78 is 6.21. The smallest absolute Gasteiger partial charge is 0.192 e. The van der Waals surface area contributed by atoms with Crippen LogP contribution in [0.2, 0.25) is 18.1 Å². The van der Waals surface area contributed by atoms with Crippen LogP contribution in [-0.4, -0.2) is 25.6 Å². The second-order valence-corrected chi connectivity index (χ2v) is 10.7. The Balaban J connectivity index is 2.51. The van der Waals surface area contributed by atoms with Crippen molar-refractivity contribution in [3.8, 4) is 0 Å². The van der Waals surface area contributed by atoms with Gasteiger partial charge in [-0.15, -0.1) is 0 Å². The van der Waals surface area contributed by atoms with Crippen LogP contribution in [0, 0.1) is 0 Å². The van der Waals surface area contributed by atoms with Gasteiger partial charge in [0.1, 0.15) is 0 Å². The van der Waals surface area contributed by atoms with Gasteiger partial charge in [-0.3, -0.25) is 0 Å². The van der Waals surface area contributed by atoms with E-state index in [4.69, 9.17) is 4.43 Å². The normalized spacial score (nSPS) is 29.6. The van der Waals surface area contributed by atoms with Crippen LogP contribution < -0.4 is 0 Å². The monoisotopic (exact) mass is 216 g/mol. The quantitative estimate of drug-likeness (QED) is 0.719. The lowest BCUT2D eigenvalue weighted by Crippen LogP contribution is -2.43. The Kier molecular flexibility index (Phi) is 3.44. The predicted molar refractivity (Wildman–Crippen MR) is 61.9 cm³/mol. The van der Waals surface area contributed by atoms with Crippen LogP contribution >= 0.6 is 0 Å². The number of hydrogen-bond acceptors (Lipinski definition) is 2. The standard InChI is InChI=1S/C11H24O2Si/c1-11(2,3)14(4,5)13-10-7-6-9(12)8-10/h9-10,12H,6-8H2,1-5H3/t9?,10-/m0/s1. The molecule has 0 aromatic rings. The van der Waals surface area contributed by atoms with Crippen molar-refractivity contribution in [2.75, 3.05) is 0 Å². The summed E-state index contributed by atoms with van der Waals surface area (Å²) in [6.45, 7) is 11.3. The Bertz CT molecular complexity index is 196. The number of aliphatic hydroxyl groups is 1. The van der Waals surface area contributed by atoms with Crippen LogP contribution in [-0.2, 0) is 4.43 Å². The predicted octanol–water partition coefficient (Wildman–Crippen LogP) is 2.92. The van der Waals surface area contributed by atoms with Crippen LogP contribution in [0.25, 0.3) is 0 Å². The maximum absolute atomic E-state index is 9.43. The average molecular weight is 216 g/mol. The second kappa shape index (κ2) is 3.95. The fourth-order valence-electron chi connectivity index (χ4n) is 1.62. The van der Waals surface area contributed by atoms with E-state index in [9.17, 15) is 5.11 Å². The van der Waals surface area contributed by atoms with Crippen LogP contribution in [0.4, 0.5) is 0 Å². The van der Waals surface area contributed by atoms with E-state index < -0.39 is 8.32 Å². The topological polar surface area (TPSA) is 29.5 Å². The highest BCUT2D eigenvalue weighted by atomic mass is 28.4. The lowest BCUT2D eigenvalue weighted by molar-refractivity contribution is 0.141. The van der Waals surface area contributed by atoms with Gasteiger partial charge >= 0.3 is 0 Å². The summed E-state index contributed by atoms with van der Waals surface area (Å²) in [7, 11) is -1.61. The summed E-state index contributed by atoms with van der Waals surface area (Å²) in [6.07, 6.45) is 2.98. The molecule has 3 heteroatoms. The molecule has 14 heavy (non-hydrogen) atoms. The minimum atomic E-state index is -1.61. The first-order valence-corrected chi connectivity index (χ1v) is 8.49. The molecule has 0 aliphatic heterocycles. The molecule has 0 spiro atoms. The van der Waals surface area contributed by atoms with Gasteiger partial charge in [0.15, 0.2) is 8.32 Å². The highest BCUT2D eigenvalue weighted by Crippen LogP contribution is 2.39. The van der Waals surface area contributed by atoms with Gasteiger partial charge in [0.25, 0.3) is 0 Å². The third-order valence-electron chi connectivity index (χ3n) is 3.62. The maximum Gasteiger partial charge on any atom is 0.192 e. The summed E-state index contributed by atoms with van der Waals surface area (Å²) in [5.41, 5.74) is 0. The zero-order valence-corrected chi connectivity index (χ0v) is 11.1. The van der Waals surface area contributed by atoms with Crippen molar-refractivity contribution in [3.05, 3.63) is 0 Å². The van der Waals surface area contributed by atoms with E-state index >= 15 is 0 Å². The largest absolute Gasteiger partial charge is 0.414 e. The molecule has 1 saturated carbocycles. The molecule has 1 fully saturated rings. The van der Waals surface area contributed by atoms with Gasteiger partial charge in [-0.1, -0.05) is 20.8 Å². The van der Waals surface area contributed by atoms with Gasteiger partial charge in [0.2, 0.25) is 0 Å². The van der Waals surface area contributed by atoms with Gasteiger partial charge in [-0.25, -0.2) is 0 Å². The van der Waals surface area contributed by atoms with Crippen molar-refractivity contribution >= 4 is 8.32 Å². The van der Waals surface area contributed by atoms with E-state index in [1.54, 1.807) is 0 Å². The number of aliphatic hydroxyl groups excluding tert-OH is 1. The van der Waals surface area contributed by atoms with Crippen LogP contribution in [0.1, 0.15) is 40.0 Å². The first-order chi connectivity index (χ1) is 6.22. The zero-order chi connectivity index (χ0) is 11.0. The average Bonchev–Trinajstić information content (AvgIpc) is 2.31. The van der Waals surface area contributed by atoms with E-state index in [2.05, 4.69) is 33.9 Å². The Morgan fingerprint density at radius 2 is 1.79 bits per heavy atom. The molecule has 0 radical (unpaired) electrons. The Labute approximate surface area is 88.8 Å². The van der Waals surface area contributed by atoms with E-state index in [1.165, 1.54) is 0 Å². The molecule has 0 bridgehead atoms. The molecule has 0 aromatic carbocycles. The number of hydrogen-bond donors (Lipinski definition) is 1. The first kappa shape index (κ1) is 12.2. The van der Waals surface area contributed by atoms with Crippen molar-refractivity contribution < 1.29 is 9.53 Å². The minimum absolute atomic E-state index is 0.121. The highest BCUT2D eigenvalue weighted by molar-refractivity contribution is 6.74. The summed E-state index contributed by atoms with van der Waals surface area (Å²) in [5, 5.41) is 9.71. The maximum atomic E-state index is 9.43. The molecule has 0 amide bonds. The van der Waals surface area contributed by atoms with E-state index in [0.29, 0.717) is 6.10 Å². The minimum Gasteiger partial charge on any atom is -0.414 e. The summed E-state index contributed by atoms with van der Waals surface area (Å²) >= 11 is 0. The van der Waals surface area contributed by atoms with Gasteiger partial charge < -0.3 is 9.53 Å². The molecular formula is C11H24O2Si. The van der Waals surface area contributed by atoms with Crippen LogP contribution in [0.3, 0.4) is 0 Å². The van der Waals surface area contributed by atoms with Gasteiger partial charge in [-0.05, 0) is 37.4 Å². The molecule has 0 aromatic heterocycles. The Morgan fingerprint density at radius 1 is 1.21 bits per heavy atom. The van der Waals surface area contributed by atoms with Gasteiger partial charge in [0.05, 0.1) is 6.10 Å². The highest BCUT2D eigenvalue weighted by Gasteiger charge is 2.40. The molecule has 2 atom stereocenters. The van der Waals surface area contributed by atoms with Crippen LogP contribution in [0.5, 0.6) is 0 Å². The molecule has 1 N–H and O–H groups in total. The molecule has 0 saturated heterocycles. The number of rotatable bonds is 2. The first-order valence-electron chi connectivity index (χ1n) is 5.58. The lowest BCUT2D eigenvalue weighted by atomic mass is 10.2. The molecule has 1 aliphatic rings. The summed E-state index contributed by atoms with van der Waals surface area (Å²) in [4.78, 5) is 0. The lowest BCUT2D eigenvalue weighted by Gasteiger charge is -2.38. The fourth-order valence-corrected chi connectivity index (χ4v) is 3.02. The van der Waals surface area contributed by atoms with E-state index in [-0.39, 0.29) is 11.1 Å². The fraction of sp³-hybridized carbons (Fsp3) is 1.00. The van der Waals surface area contributed by atoms with Crippen molar-refractivity contribution in [3.63, 3.8) is 0 Å². The molecule has 1 rings (SSSR count). The summed E-state index contributed by atoms with van der Waals surface area (Å²) in [5.74, 6) is 0. The third-order valence-corrected chi connectivity index (χ3v) is 8.16. The zero-order valence-electron chi connectivity index (χ0n) is 10.1. The molecular weight excluding hydrogens is 192 g/mol. The van der Waals surface area contributed by atoms with E-state index in [0.717, 1.165) is 19.3 Å². The molecule has 1 aliphatic carbocycles. The Hall–Kier alpha value is 0.137. The second-order valence-electron chi connectivity index (χ2n) is 5.97. The molecule has 84 valence electrons. The third kappa shape index (κ3) is 2.81. The van der Waals surface area contributed by atoms with Crippen molar-refractivity contribution in [1.29, 1.82) is 0 Å². The van der Waals surface area contributed by atoms with Gasteiger partial charge in [-0.2, -0.15) is 0 Å². The van der Waals surface area contributed by atoms with Crippen LogP contribution in [0.15, 0.2) is 0 Å². The molecule has 0 heterocycles. The SMILES string of the molecule is CC(C)(C)[Si](C)(C)O[C@H]1CCC(O)C1. The molecule has 2 nitrogen and oxygen atoms in total. The molecule has 1 unspecified atom stereocenters. The van der Waals surface area contributed by atoms with Gasteiger partial charge in [0, 0.05) is 6.10 Å². The summed E-state index contributed by atoms with van der Waals surface area (Å²) in [6, 6.07) is 0. The van der Waals surface area contributed by atoms with Crippen molar-refractivity contribution in [2.45, 2.75) is 70.4 Å². The van der Waals surface area contributed by atoms with Crippen molar-refractivity contribution in [2.24, 2.45) is 0 Å². The van der Waals surface area contributed by atoms with Crippen molar-refractivity contribution in [1.82, 2.24) is 0 Å². The Morgan fingerprint density at radius 3 is 2.14 bits per heavy atom. The van der Waals surface area contributed by atoms with E-state index in [1.807, 2.05) is 0 Å².